The lowest BCUT2D eigenvalue weighted by atomic mass is 10.2. The zero-order chi connectivity index (χ0) is 21.1. The van der Waals surface area contributed by atoms with Gasteiger partial charge >= 0.3 is 18.0 Å². The number of ether oxygens (including phenoxy) is 2. The molecule has 1 unspecified atom stereocenters. The number of carbonyl (C=O) groups excluding carboxylic acids is 1. The third-order valence-corrected chi connectivity index (χ3v) is 4.01. The van der Waals surface area contributed by atoms with Gasteiger partial charge < -0.3 is 14.0 Å². The van der Waals surface area contributed by atoms with Crippen molar-refractivity contribution < 1.29 is 31.8 Å². The second-order valence-corrected chi connectivity index (χ2v) is 6.00. The Morgan fingerprint density at radius 1 is 1.29 bits per heavy atom. The molecule has 4 nitrogen and oxygen atoms in total. The smallest absolute Gasteiger partial charge is 0.464 e. The summed E-state index contributed by atoms with van der Waals surface area (Å²) in [6.07, 6.45) is -0.590. The van der Waals surface area contributed by atoms with Gasteiger partial charge in [-0.1, -0.05) is 37.5 Å². The molecular formula is C20H19F4NO3. The fourth-order valence-electron chi connectivity index (χ4n) is 2.65. The third-order valence-electron chi connectivity index (χ3n) is 4.01. The van der Waals surface area contributed by atoms with Crippen LogP contribution in [0.15, 0.2) is 61.2 Å². The number of hydrogen-bond donors (Lipinski definition) is 0. The van der Waals surface area contributed by atoms with Crippen LogP contribution in [-0.2, 0) is 16.1 Å². The molecule has 0 aliphatic carbocycles. The number of benzene rings is 1. The average Bonchev–Trinajstić information content (AvgIpc) is 2.95. The van der Waals surface area contributed by atoms with Crippen molar-refractivity contribution in [2.24, 2.45) is 0 Å². The van der Waals surface area contributed by atoms with Gasteiger partial charge in [0.2, 0.25) is 0 Å². The third kappa shape index (κ3) is 3.95. The Morgan fingerprint density at radius 3 is 2.54 bits per heavy atom. The van der Waals surface area contributed by atoms with Gasteiger partial charge in [0.1, 0.15) is 5.75 Å². The van der Waals surface area contributed by atoms with E-state index in [1.807, 2.05) is 0 Å². The molecule has 2 rings (SSSR count). The normalized spacial score (nSPS) is 14.1. The van der Waals surface area contributed by atoms with Gasteiger partial charge in [0.05, 0.1) is 12.6 Å². The molecule has 28 heavy (non-hydrogen) atoms. The van der Waals surface area contributed by atoms with E-state index in [2.05, 4.69) is 22.6 Å². The van der Waals surface area contributed by atoms with Crippen LogP contribution in [0.1, 0.15) is 5.69 Å². The van der Waals surface area contributed by atoms with Gasteiger partial charge in [-0.3, -0.25) is 0 Å². The van der Waals surface area contributed by atoms with E-state index < -0.39 is 23.7 Å². The highest BCUT2D eigenvalue weighted by Gasteiger charge is 2.66. The predicted octanol–water partition coefficient (Wildman–Crippen LogP) is 5.03. The molecule has 1 heterocycles. The maximum Gasteiger partial charge on any atom is 0.472 e. The largest absolute Gasteiger partial charge is 0.472 e. The Labute approximate surface area is 159 Å². The second kappa shape index (κ2) is 7.92. The number of methoxy groups -OCH3 is 1. The number of aryl methyl sites for hydroxylation is 1. The van der Waals surface area contributed by atoms with Crippen molar-refractivity contribution in [2.75, 3.05) is 7.11 Å². The van der Waals surface area contributed by atoms with Crippen LogP contribution in [0, 0.1) is 6.92 Å². The first-order chi connectivity index (χ1) is 13.0. The van der Waals surface area contributed by atoms with E-state index in [9.17, 15) is 22.4 Å². The van der Waals surface area contributed by atoms with Crippen molar-refractivity contribution in [2.45, 2.75) is 25.5 Å². The van der Waals surface area contributed by atoms with E-state index in [-0.39, 0.29) is 5.39 Å². The molecule has 1 aromatic heterocycles. The molecule has 0 saturated heterocycles. The van der Waals surface area contributed by atoms with Gasteiger partial charge in [-0.05, 0) is 30.7 Å². The molecule has 0 aliphatic rings. The molecule has 8 heteroatoms. The molecule has 0 fully saturated rings. The maximum absolute atomic E-state index is 14.5. The fourth-order valence-corrected chi connectivity index (χ4v) is 2.65. The highest BCUT2D eigenvalue weighted by molar-refractivity contribution is 5.88. The molecule has 0 spiro atoms. The zero-order valence-electron chi connectivity index (χ0n) is 15.3. The highest BCUT2D eigenvalue weighted by Crippen LogP contribution is 2.40. The zero-order valence-corrected chi connectivity index (χ0v) is 15.3. The summed E-state index contributed by atoms with van der Waals surface area (Å²) in [4.78, 5) is 11.5. The number of alkyl halides is 4. The Kier molecular flexibility index (Phi) is 6.01. The van der Waals surface area contributed by atoms with Crippen molar-refractivity contribution in [3.05, 3.63) is 66.9 Å². The minimum absolute atomic E-state index is 0.218. The summed E-state index contributed by atoms with van der Waals surface area (Å²) in [5.74, 6) is -7.24. The van der Waals surface area contributed by atoms with Crippen LogP contribution in [-0.4, -0.2) is 29.7 Å². The van der Waals surface area contributed by atoms with Crippen molar-refractivity contribution in [1.82, 2.24) is 4.57 Å². The van der Waals surface area contributed by atoms with Crippen LogP contribution in [0.3, 0.4) is 0 Å². The lowest BCUT2D eigenvalue weighted by molar-refractivity contribution is -0.296. The van der Waals surface area contributed by atoms with E-state index in [0.717, 1.165) is 11.6 Å². The summed E-state index contributed by atoms with van der Waals surface area (Å²) in [6.45, 7) is 9.56. The number of fused-ring (bicyclic) bond motifs is 1. The van der Waals surface area contributed by atoms with E-state index >= 15 is 0 Å². The maximum atomic E-state index is 14.5. The number of allylic oxidation sites excluding steroid dienone is 4. The minimum atomic E-state index is -5.62. The van der Waals surface area contributed by atoms with E-state index in [1.165, 1.54) is 6.07 Å². The number of hydrogen-bond acceptors (Lipinski definition) is 3. The van der Waals surface area contributed by atoms with Crippen molar-refractivity contribution in [3.63, 3.8) is 0 Å². The summed E-state index contributed by atoms with van der Waals surface area (Å²) < 4.78 is 64.3. The summed E-state index contributed by atoms with van der Waals surface area (Å²) in [5, 5.41) is 0.218. The Bertz CT molecular complexity index is 943. The van der Waals surface area contributed by atoms with Crippen LogP contribution in [0.2, 0.25) is 0 Å². The van der Waals surface area contributed by atoms with Gasteiger partial charge in [-0.2, -0.15) is 17.6 Å². The molecule has 0 radical (unpaired) electrons. The van der Waals surface area contributed by atoms with E-state index in [0.29, 0.717) is 24.9 Å². The number of nitrogens with zero attached hydrogens (tertiary/aromatic N) is 1. The van der Waals surface area contributed by atoms with E-state index in [1.54, 1.807) is 41.9 Å². The lowest BCUT2D eigenvalue weighted by Crippen LogP contribution is -2.53. The highest BCUT2D eigenvalue weighted by atomic mass is 19.4. The van der Waals surface area contributed by atoms with Gasteiger partial charge in [0.25, 0.3) is 0 Å². The van der Waals surface area contributed by atoms with Crippen molar-refractivity contribution in [3.8, 4) is 5.75 Å². The molecule has 0 N–H and O–H groups in total. The topological polar surface area (TPSA) is 40.5 Å². The number of rotatable bonds is 7. The summed E-state index contributed by atoms with van der Waals surface area (Å²) in [6, 6.07) is 5.75. The summed E-state index contributed by atoms with van der Waals surface area (Å²) in [7, 11) is 0.648. The quantitative estimate of drug-likeness (QED) is 0.374. The van der Waals surface area contributed by atoms with Crippen LogP contribution >= 0.6 is 0 Å². The minimum Gasteiger partial charge on any atom is -0.464 e. The molecule has 1 aromatic carbocycles. The van der Waals surface area contributed by atoms with Crippen LogP contribution < -0.4 is 4.74 Å². The molecule has 0 amide bonds. The van der Waals surface area contributed by atoms with Crippen molar-refractivity contribution in [1.29, 1.82) is 0 Å². The Morgan fingerprint density at radius 2 is 1.96 bits per heavy atom. The summed E-state index contributed by atoms with van der Waals surface area (Å²) >= 11 is 0. The predicted molar refractivity (Wildman–Crippen MR) is 97.7 cm³/mol. The van der Waals surface area contributed by atoms with Gasteiger partial charge in [0.15, 0.2) is 0 Å². The first kappa shape index (κ1) is 21.3. The molecule has 2 aromatic rings. The first-order valence-corrected chi connectivity index (χ1v) is 8.14. The standard InChI is InChI=1S/C20H19F4NO3/c1-5-6-8-13(2)12-25-14(3)11-15-16(25)9-7-10-17(15)28-19(21,18(26)27-4)20(22,23)24/h5-11H,1-2,12H2,3-4H3/b8-6-. The number of carbonyl (C=O) groups is 1. The molecule has 1 atom stereocenters. The van der Waals surface area contributed by atoms with Crippen molar-refractivity contribution >= 4 is 16.9 Å². The van der Waals surface area contributed by atoms with Gasteiger partial charge in [-0.15, -0.1) is 0 Å². The molecule has 0 saturated carbocycles. The second-order valence-electron chi connectivity index (χ2n) is 6.00. The molecule has 0 bridgehead atoms. The van der Waals surface area contributed by atoms with Crippen LogP contribution in [0.5, 0.6) is 5.75 Å². The fraction of sp³-hybridized carbons (Fsp3) is 0.250. The molecular weight excluding hydrogens is 378 g/mol. The SMILES string of the molecule is C=C/C=C\C(=C)Cn1c(C)cc2c(OC(F)(C(=O)OC)C(F)(F)F)cccc21. The number of esters is 1. The molecule has 150 valence electrons. The van der Waals surface area contributed by atoms with Crippen LogP contribution in [0.25, 0.3) is 10.9 Å². The van der Waals surface area contributed by atoms with Gasteiger partial charge in [0, 0.05) is 17.6 Å². The lowest BCUT2D eigenvalue weighted by Gasteiger charge is -2.26. The summed E-state index contributed by atoms with van der Waals surface area (Å²) in [5.41, 5.74) is 1.91. The van der Waals surface area contributed by atoms with E-state index in [4.69, 9.17) is 0 Å². The monoisotopic (exact) mass is 397 g/mol. The Hall–Kier alpha value is -3.03. The van der Waals surface area contributed by atoms with Gasteiger partial charge in [-0.25, -0.2) is 4.79 Å². The van der Waals surface area contributed by atoms with Crippen LogP contribution in [0.4, 0.5) is 17.6 Å². The molecule has 0 aliphatic heterocycles. The number of halogens is 4. The number of aromatic nitrogens is 1. The Balaban J connectivity index is 2.52. The average molecular weight is 397 g/mol. The first-order valence-electron chi connectivity index (χ1n) is 8.14.